The SMILES string of the molecule is CC(C)(C)[S@@](=O)/N=C(\C=C\c1ccccc1)c1ccccc1. The largest absolute Gasteiger partial charge is 0.234 e. The first-order valence-corrected chi connectivity index (χ1v) is 8.37. The zero-order valence-electron chi connectivity index (χ0n) is 13.2. The fourth-order valence-electron chi connectivity index (χ4n) is 1.75. The summed E-state index contributed by atoms with van der Waals surface area (Å²) in [5.41, 5.74) is 2.79. The molecule has 2 nitrogen and oxygen atoms in total. The highest BCUT2D eigenvalue weighted by atomic mass is 32.2. The molecule has 0 amide bonds. The standard InChI is InChI=1S/C19H21NOS/c1-19(2,3)22(21)20-18(17-12-8-5-9-13-17)15-14-16-10-6-4-7-11-16/h4-15H,1-3H3/b15-14+,20-18+/t22-/m1/s1. The average Bonchev–Trinajstić information content (AvgIpc) is 2.52. The van der Waals surface area contributed by atoms with Gasteiger partial charge in [0, 0.05) is 5.56 Å². The number of nitrogens with zero attached hydrogens (tertiary/aromatic N) is 1. The summed E-state index contributed by atoms with van der Waals surface area (Å²) < 4.78 is 16.4. The van der Waals surface area contributed by atoms with Crippen LogP contribution in [0.15, 0.2) is 71.1 Å². The van der Waals surface area contributed by atoms with Crippen molar-refractivity contribution in [3.05, 3.63) is 77.9 Å². The van der Waals surface area contributed by atoms with Gasteiger partial charge in [0.25, 0.3) is 0 Å². The van der Waals surface area contributed by atoms with Gasteiger partial charge in [-0.2, -0.15) is 4.40 Å². The van der Waals surface area contributed by atoms with Crippen molar-refractivity contribution < 1.29 is 4.21 Å². The Kier molecular flexibility index (Phi) is 5.45. The summed E-state index contributed by atoms with van der Waals surface area (Å²) in [6, 6.07) is 19.9. The number of hydrogen-bond acceptors (Lipinski definition) is 1. The molecule has 0 N–H and O–H groups in total. The molecule has 0 spiro atoms. The Hall–Kier alpha value is -2.00. The van der Waals surface area contributed by atoms with Gasteiger partial charge in [0.05, 0.1) is 10.5 Å². The molecule has 0 saturated carbocycles. The second kappa shape index (κ2) is 7.32. The summed E-state index contributed by atoms with van der Waals surface area (Å²) in [4.78, 5) is 0. The Bertz CT molecular complexity index is 682. The maximum atomic E-state index is 12.3. The normalized spacial score (nSPS) is 14.2. The summed E-state index contributed by atoms with van der Waals surface area (Å²) in [5.74, 6) is 0. The van der Waals surface area contributed by atoms with Gasteiger partial charge in [-0.3, -0.25) is 0 Å². The lowest BCUT2D eigenvalue weighted by Crippen LogP contribution is -2.20. The van der Waals surface area contributed by atoms with Crippen molar-refractivity contribution in [2.24, 2.45) is 4.40 Å². The van der Waals surface area contributed by atoms with Crippen LogP contribution in [0.5, 0.6) is 0 Å². The van der Waals surface area contributed by atoms with Crippen LogP contribution in [-0.2, 0) is 11.0 Å². The van der Waals surface area contributed by atoms with Gasteiger partial charge < -0.3 is 0 Å². The molecule has 0 aromatic heterocycles. The zero-order valence-corrected chi connectivity index (χ0v) is 14.0. The first-order chi connectivity index (χ1) is 10.5. The fraction of sp³-hybridized carbons (Fsp3) is 0.211. The van der Waals surface area contributed by atoms with Gasteiger partial charge in [0.15, 0.2) is 0 Å². The van der Waals surface area contributed by atoms with E-state index >= 15 is 0 Å². The monoisotopic (exact) mass is 311 g/mol. The predicted octanol–water partition coefficient (Wildman–Crippen LogP) is 4.65. The predicted molar refractivity (Wildman–Crippen MR) is 96.4 cm³/mol. The van der Waals surface area contributed by atoms with E-state index in [9.17, 15) is 4.21 Å². The van der Waals surface area contributed by atoms with Crippen LogP contribution in [0.3, 0.4) is 0 Å². The van der Waals surface area contributed by atoms with Crippen molar-refractivity contribution >= 4 is 22.8 Å². The van der Waals surface area contributed by atoms with Gasteiger partial charge in [-0.15, -0.1) is 0 Å². The minimum absolute atomic E-state index is 0.374. The van der Waals surface area contributed by atoms with Gasteiger partial charge in [0.2, 0.25) is 0 Å². The first-order valence-electron chi connectivity index (χ1n) is 7.26. The molecule has 0 aliphatic heterocycles. The molecular weight excluding hydrogens is 290 g/mol. The van der Waals surface area contributed by atoms with Crippen LogP contribution in [0.2, 0.25) is 0 Å². The Labute approximate surface area is 135 Å². The molecule has 114 valence electrons. The summed E-state index contributed by atoms with van der Waals surface area (Å²) in [6.07, 6.45) is 3.92. The molecule has 2 rings (SSSR count). The van der Waals surface area contributed by atoms with E-state index in [1.54, 1.807) is 0 Å². The topological polar surface area (TPSA) is 29.4 Å². The van der Waals surface area contributed by atoms with E-state index < -0.39 is 11.0 Å². The van der Waals surface area contributed by atoms with E-state index in [0.29, 0.717) is 0 Å². The molecule has 0 saturated heterocycles. The summed E-state index contributed by atoms with van der Waals surface area (Å²) in [5, 5.41) is 0. The van der Waals surface area contributed by atoms with Crippen LogP contribution in [0.1, 0.15) is 31.9 Å². The lowest BCUT2D eigenvalue weighted by molar-refractivity contribution is 0.650. The smallest absolute Gasteiger partial charge is 0.145 e. The Balaban J connectivity index is 2.37. The summed E-state index contributed by atoms with van der Waals surface area (Å²) in [6.45, 7) is 5.78. The third-order valence-corrected chi connectivity index (χ3v) is 4.42. The molecule has 0 unspecified atom stereocenters. The van der Waals surface area contributed by atoms with Gasteiger partial charge in [-0.25, -0.2) is 4.21 Å². The van der Waals surface area contributed by atoms with Crippen molar-refractivity contribution in [3.8, 4) is 0 Å². The number of rotatable bonds is 4. The molecule has 0 heterocycles. The minimum Gasteiger partial charge on any atom is -0.234 e. The van der Waals surface area contributed by atoms with E-state index in [4.69, 9.17) is 0 Å². The van der Waals surface area contributed by atoms with Crippen molar-refractivity contribution in [2.75, 3.05) is 0 Å². The molecule has 0 fully saturated rings. The number of benzene rings is 2. The molecule has 0 aliphatic rings. The van der Waals surface area contributed by atoms with E-state index in [-0.39, 0.29) is 4.75 Å². The van der Waals surface area contributed by atoms with Crippen LogP contribution in [0.4, 0.5) is 0 Å². The van der Waals surface area contributed by atoms with Crippen LogP contribution < -0.4 is 0 Å². The van der Waals surface area contributed by atoms with E-state index in [2.05, 4.69) is 4.40 Å². The molecule has 2 aromatic rings. The Morgan fingerprint density at radius 1 is 0.955 bits per heavy atom. The van der Waals surface area contributed by atoms with Gasteiger partial charge in [-0.1, -0.05) is 66.7 Å². The van der Waals surface area contributed by atoms with Crippen LogP contribution in [0.25, 0.3) is 6.08 Å². The second-order valence-electron chi connectivity index (χ2n) is 5.95. The lowest BCUT2D eigenvalue weighted by atomic mass is 10.1. The first kappa shape index (κ1) is 16.4. The maximum Gasteiger partial charge on any atom is 0.145 e. The molecule has 0 radical (unpaired) electrons. The average molecular weight is 311 g/mol. The molecule has 0 aliphatic carbocycles. The van der Waals surface area contributed by atoms with Crippen molar-refractivity contribution in [2.45, 2.75) is 25.5 Å². The van der Waals surface area contributed by atoms with Crippen LogP contribution >= 0.6 is 0 Å². The number of hydrogen-bond donors (Lipinski definition) is 0. The highest BCUT2D eigenvalue weighted by Gasteiger charge is 2.19. The highest BCUT2D eigenvalue weighted by Crippen LogP contribution is 2.15. The van der Waals surface area contributed by atoms with Crippen molar-refractivity contribution in [1.29, 1.82) is 0 Å². The Morgan fingerprint density at radius 2 is 1.50 bits per heavy atom. The third kappa shape index (κ3) is 4.78. The molecule has 2 aromatic carbocycles. The van der Waals surface area contributed by atoms with E-state index in [1.807, 2.05) is 93.6 Å². The van der Waals surface area contributed by atoms with Crippen LogP contribution in [0, 0.1) is 0 Å². The van der Waals surface area contributed by atoms with Crippen molar-refractivity contribution in [3.63, 3.8) is 0 Å². The van der Waals surface area contributed by atoms with Gasteiger partial charge in [-0.05, 0) is 32.4 Å². The summed E-state index contributed by atoms with van der Waals surface area (Å²) in [7, 11) is -1.29. The third-order valence-electron chi connectivity index (χ3n) is 3.01. The molecule has 1 atom stereocenters. The lowest BCUT2D eigenvalue weighted by Gasteiger charge is -2.14. The summed E-state index contributed by atoms with van der Waals surface area (Å²) >= 11 is 0. The van der Waals surface area contributed by atoms with E-state index in [1.165, 1.54) is 0 Å². The van der Waals surface area contributed by atoms with Gasteiger partial charge >= 0.3 is 0 Å². The van der Waals surface area contributed by atoms with Crippen LogP contribution in [-0.4, -0.2) is 14.7 Å². The zero-order chi connectivity index (χ0) is 16.0. The van der Waals surface area contributed by atoms with Crippen molar-refractivity contribution in [1.82, 2.24) is 0 Å². The second-order valence-corrected chi connectivity index (χ2v) is 7.85. The molecular formula is C19H21NOS. The quantitative estimate of drug-likeness (QED) is 0.756. The number of allylic oxidation sites excluding steroid dienone is 1. The Morgan fingerprint density at radius 3 is 2.05 bits per heavy atom. The highest BCUT2D eigenvalue weighted by molar-refractivity contribution is 7.85. The minimum atomic E-state index is -1.29. The van der Waals surface area contributed by atoms with Gasteiger partial charge in [0.1, 0.15) is 11.0 Å². The fourth-order valence-corrected chi connectivity index (χ4v) is 2.37. The molecule has 3 heteroatoms. The molecule has 22 heavy (non-hydrogen) atoms. The molecule has 0 bridgehead atoms. The maximum absolute atomic E-state index is 12.3. The van der Waals surface area contributed by atoms with E-state index in [0.717, 1.165) is 16.8 Å².